The van der Waals surface area contributed by atoms with Crippen molar-refractivity contribution >= 4 is 33.8 Å². The number of Topliss-reactive ketones (excluding diaryl/α,β-unsaturated/α-hetero) is 1. The van der Waals surface area contributed by atoms with Crippen LogP contribution in [0.4, 0.5) is 4.39 Å². The summed E-state index contributed by atoms with van der Waals surface area (Å²) >= 11 is 3.23. The molecule has 1 aliphatic heterocycles. The summed E-state index contributed by atoms with van der Waals surface area (Å²) in [6.45, 7) is 0.239. The summed E-state index contributed by atoms with van der Waals surface area (Å²) in [5, 5.41) is 0. The number of ether oxygens (including phenoxy) is 2. The molecule has 0 aliphatic carbocycles. The third-order valence-corrected chi connectivity index (χ3v) is 4.21. The molecular formula is C19H14BrFO4. The molecule has 3 rings (SSSR count). The van der Waals surface area contributed by atoms with E-state index < -0.39 is 11.8 Å². The molecule has 0 bridgehead atoms. The Balaban J connectivity index is 1.57. The van der Waals surface area contributed by atoms with E-state index in [1.807, 2.05) is 0 Å². The Morgan fingerprint density at radius 1 is 1.24 bits per heavy atom. The fraction of sp³-hybridized carbons (Fsp3) is 0.158. The molecule has 1 heterocycles. The number of fused-ring (bicyclic) bond motifs is 1. The maximum absolute atomic E-state index is 13.6. The predicted octanol–water partition coefficient (Wildman–Crippen LogP) is 3.96. The Morgan fingerprint density at radius 2 is 2.08 bits per heavy atom. The number of carbonyl (C=O) groups excluding carboxylic acids is 2. The lowest BCUT2D eigenvalue weighted by atomic mass is 10.1. The lowest BCUT2D eigenvalue weighted by Gasteiger charge is -2.04. The van der Waals surface area contributed by atoms with Crippen LogP contribution in [-0.4, -0.2) is 25.0 Å². The van der Waals surface area contributed by atoms with Crippen molar-refractivity contribution in [1.29, 1.82) is 0 Å². The van der Waals surface area contributed by atoms with E-state index in [-0.39, 0.29) is 18.0 Å². The molecule has 1 aliphatic rings. The van der Waals surface area contributed by atoms with Crippen LogP contribution in [0, 0.1) is 5.82 Å². The number of hydrogen-bond acceptors (Lipinski definition) is 4. The fourth-order valence-corrected chi connectivity index (χ4v) is 2.81. The zero-order chi connectivity index (χ0) is 17.8. The van der Waals surface area contributed by atoms with Crippen LogP contribution in [0.15, 0.2) is 46.9 Å². The summed E-state index contributed by atoms with van der Waals surface area (Å²) in [4.78, 5) is 23.8. The first kappa shape index (κ1) is 17.4. The van der Waals surface area contributed by atoms with Gasteiger partial charge in [0, 0.05) is 28.1 Å². The van der Waals surface area contributed by atoms with E-state index >= 15 is 0 Å². The van der Waals surface area contributed by atoms with Crippen molar-refractivity contribution in [3.8, 4) is 5.75 Å². The number of rotatable bonds is 5. The predicted molar refractivity (Wildman–Crippen MR) is 94.1 cm³/mol. The molecule has 2 aromatic carbocycles. The van der Waals surface area contributed by atoms with E-state index in [9.17, 15) is 14.0 Å². The second kappa shape index (κ2) is 7.61. The molecule has 4 nitrogen and oxygen atoms in total. The van der Waals surface area contributed by atoms with Gasteiger partial charge in [0.1, 0.15) is 11.6 Å². The second-order valence-corrected chi connectivity index (χ2v) is 6.37. The molecule has 0 saturated carbocycles. The molecule has 25 heavy (non-hydrogen) atoms. The minimum Gasteiger partial charge on any atom is -0.493 e. The highest BCUT2D eigenvalue weighted by Crippen LogP contribution is 2.26. The smallest absolute Gasteiger partial charge is 0.331 e. The Bertz CT molecular complexity index is 860. The largest absolute Gasteiger partial charge is 0.493 e. The number of hydrogen-bond donors (Lipinski definition) is 0. The summed E-state index contributed by atoms with van der Waals surface area (Å²) in [5.74, 6) is -0.682. The van der Waals surface area contributed by atoms with Gasteiger partial charge in [-0.25, -0.2) is 9.18 Å². The average Bonchev–Trinajstić information content (AvgIpc) is 3.08. The molecule has 2 aromatic rings. The van der Waals surface area contributed by atoms with E-state index in [4.69, 9.17) is 9.47 Å². The average molecular weight is 405 g/mol. The van der Waals surface area contributed by atoms with Crippen molar-refractivity contribution in [2.45, 2.75) is 6.42 Å². The number of carbonyl (C=O) groups is 2. The van der Waals surface area contributed by atoms with Crippen LogP contribution in [0.5, 0.6) is 5.75 Å². The highest BCUT2D eigenvalue weighted by molar-refractivity contribution is 9.10. The summed E-state index contributed by atoms with van der Waals surface area (Å²) < 4.78 is 24.6. The number of benzene rings is 2. The summed E-state index contributed by atoms with van der Waals surface area (Å²) in [7, 11) is 0. The van der Waals surface area contributed by atoms with Gasteiger partial charge in [-0.1, -0.05) is 15.9 Å². The zero-order valence-electron chi connectivity index (χ0n) is 13.1. The van der Waals surface area contributed by atoms with Crippen LogP contribution in [0.1, 0.15) is 21.5 Å². The van der Waals surface area contributed by atoms with E-state index in [0.717, 1.165) is 23.8 Å². The maximum atomic E-state index is 13.6. The third-order valence-electron chi connectivity index (χ3n) is 3.71. The monoisotopic (exact) mass is 404 g/mol. The molecule has 0 saturated heterocycles. The highest BCUT2D eigenvalue weighted by atomic mass is 79.9. The van der Waals surface area contributed by atoms with Crippen LogP contribution >= 0.6 is 15.9 Å². The first-order chi connectivity index (χ1) is 12.0. The molecular weight excluding hydrogens is 391 g/mol. The quantitative estimate of drug-likeness (QED) is 0.429. The van der Waals surface area contributed by atoms with Gasteiger partial charge >= 0.3 is 5.97 Å². The Labute approximate surface area is 152 Å². The molecule has 0 amide bonds. The lowest BCUT2D eigenvalue weighted by molar-refractivity contribution is -0.136. The van der Waals surface area contributed by atoms with Crippen LogP contribution in [0.25, 0.3) is 6.08 Å². The minimum absolute atomic E-state index is 0.247. The Morgan fingerprint density at radius 3 is 2.92 bits per heavy atom. The van der Waals surface area contributed by atoms with Crippen LogP contribution in [0.2, 0.25) is 0 Å². The highest BCUT2D eigenvalue weighted by Gasteiger charge is 2.15. The molecule has 0 aromatic heterocycles. The molecule has 6 heteroatoms. The van der Waals surface area contributed by atoms with Crippen LogP contribution < -0.4 is 4.74 Å². The van der Waals surface area contributed by atoms with Crippen molar-refractivity contribution in [2.75, 3.05) is 13.2 Å². The van der Waals surface area contributed by atoms with Gasteiger partial charge in [-0.3, -0.25) is 4.79 Å². The van der Waals surface area contributed by atoms with Gasteiger partial charge in [-0.2, -0.15) is 0 Å². The van der Waals surface area contributed by atoms with Crippen molar-refractivity contribution in [3.05, 3.63) is 69.5 Å². The van der Waals surface area contributed by atoms with Crippen LogP contribution in [-0.2, 0) is 16.0 Å². The topological polar surface area (TPSA) is 52.6 Å². The van der Waals surface area contributed by atoms with E-state index in [1.165, 1.54) is 18.2 Å². The third kappa shape index (κ3) is 4.33. The van der Waals surface area contributed by atoms with Crippen molar-refractivity contribution in [3.63, 3.8) is 0 Å². The first-order valence-corrected chi connectivity index (χ1v) is 8.41. The van der Waals surface area contributed by atoms with Gasteiger partial charge in [0.25, 0.3) is 0 Å². The molecule has 0 unspecified atom stereocenters. The van der Waals surface area contributed by atoms with Gasteiger partial charge in [0.15, 0.2) is 12.4 Å². The lowest BCUT2D eigenvalue weighted by Crippen LogP contribution is -2.12. The molecule has 128 valence electrons. The van der Waals surface area contributed by atoms with E-state index in [2.05, 4.69) is 15.9 Å². The number of ketones is 1. The molecule has 0 fully saturated rings. The minimum atomic E-state index is -0.711. The summed E-state index contributed by atoms with van der Waals surface area (Å²) in [5.41, 5.74) is 1.69. The summed E-state index contributed by atoms with van der Waals surface area (Å²) in [6.07, 6.45) is 3.16. The van der Waals surface area contributed by atoms with Crippen molar-refractivity contribution < 1.29 is 23.5 Å². The van der Waals surface area contributed by atoms with Gasteiger partial charge in [0.05, 0.1) is 6.61 Å². The molecule has 0 N–H and O–H groups in total. The zero-order valence-corrected chi connectivity index (χ0v) is 14.7. The fourth-order valence-electron chi connectivity index (χ4n) is 2.43. The van der Waals surface area contributed by atoms with Crippen molar-refractivity contribution in [1.82, 2.24) is 0 Å². The molecule has 0 radical (unpaired) electrons. The Hall–Kier alpha value is -2.47. The van der Waals surface area contributed by atoms with Crippen molar-refractivity contribution in [2.24, 2.45) is 0 Å². The van der Waals surface area contributed by atoms with Gasteiger partial charge < -0.3 is 9.47 Å². The SMILES string of the molecule is O=C(/C=C/c1cc(Br)ccc1F)OCC(=O)c1ccc2c(c1)CCO2. The van der Waals surface area contributed by atoms with Gasteiger partial charge in [0.2, 0.25) is 0 Å². The van der Waals surface area contributed by atoms with Crippen LogP contribution in [0.3, 0.4) is 0 Å². The summed E-state index contributed by atoms with van der Waals surface area (Å²) in [6, 6.07) is 9.53. The number of esters is 1. The van der Waals surface area contributed by atoms with E-state index in [0.29, 0.717) is 16.6 Å². The standard InChI is InChI=1S/C19H14BrFO4/c20-15-3-4-16(21)12(10-15)2-6-19(23)25-11-17(22)13-1-5-18-14(9-13)7-8-24-18/h1-6,9-10H,7-8,11H2/b6-2+. The first-order valence-electron chi connectivity index (χ1n) is 7.62. The van der Waals surface area contributed by atoms with E-state index in [1.54, 1.807) is 24.3 Å². The molecule has 0 atom stereocenters. The second-order valence-electron chi connectivity index (χ2n) is 5.45. The van der Waals surface area contributed by atoms with Gasteiger partial charge in [-0.05, 0) is 48.0 Å². The Kier molecular flexibility index (Phi) is 5.28. The normalized spacial score (nSPS) is 12.7. The number of halogens is 2. The molecule has 0 spiro atoms. The van der Waals surface area contributed by atoms with Gasteiger partial charge in [-0.15, -0.1) is 0 Å². The maximum Gasteiger partial charge on any atom is 0.331 e.